The summed E-state index contributed by atoms with van der Waals surface area (Å²) in [6.45, 7) is 6.64. The highest BCUT2D eigenvalue weighted by Gasteiger charge is 2.14. The maximum atomic E-state index is 5.83. The average molecular weight is 563 g/mol. The van der Waals surface area contributed by atoms with Crippen molar-refractivity contribution in [3.8, 4) is 11.5 Å². The van der Waals surface area contributed by atoms with Crippen molar-refractivity contribution < 1.29 is 23.7 Å². The number of hydrogen-bond donors (Lipinski definition) is 0. The second kappa shape index (κ2) is 16.0. The molecule has 0 saturated carbocycles. The van der Waals surface area contributed by atoms with Gasteiger partial charge < -0.3 is 28.6 Å². The van der Waals surface area contributed by atoms with Gasteiger partial charge >= 0.3 is 0 Å². The number of methoxy groups -OCH3 is 2. The van der Waals surface area contributed by atoms with Gasteiger partial charge in [0.25, 0.3) is 0 Å². The van der Waals surface area contributed by atoms with E-state index in [4.69, 9.17) is 28.7 Å². The Labute approximate surface area is 241 Å². The Morgan fingerprint density at radius 2 is 1.30 bits per heavy atom. The molecule has 0 aliphatic carbocycles. The number of nitrogens with zero attached hydrogens (tertiary/aromatic N) is 2. The van der Waals surface area contributed by atoms with Crippen LogP contribution in [0.25, 0.3) is 0 Å². The lowest BCUT2D eigenvalue weighted by atomic mass is 10.1. The monoisotopic (exact) mass is 562 g/mol. The Bertz CT molecular complexity index is 1260. The minimum absolute atomic E-state index is 0.440. The summed E-state index contributed by atoms with van der Waals surface area (Å²) in [4.78, 5) is 7.14. The maximum Gasteiger partial charge on any atom is 0.186 e. The van der Waals surface area contributed by atoms with Crippen molar-refractivity contribution in [1.82, 2.24) is 4.98 Å². The fraction of sp³-hybridized carbons (Fsp3) is 0.344. The molecule has 0 aliphatic heterocycles. The van der Waals surface area contributed by atoms with Crippen molar-refractivity contribution in [2.75, 3.05) is 45.5 Å². The quantitative estimate of drug-likeness (QED) is 0.138. The van der Waals surface area contributed by atoms with E-state index in [2.05, 4.69) is 53.6 Å². The van der Waals surface area contributed by atoms with Crippen LogP contribution in [-0.2, 0) is 40.5 Å². The highest BCUT2D eigenvalue weighted by Crippen LogP contribution is 2.27. The molecule has 0 fully saturated rings. The predicted molar refractivity (Wildman–Crippen MR) is 159 cm³/mol. The molecule has 0 saturated heterocycles. The summed E-state index contributed by atoms with van der Waals surface area (Å²) in [5, 5.41) is 2.99. The lowest BCUT2D eigenvalue weighted by molar-refractivity contribution is 0.00654. The van der Waals surface area contributed by atoms with Crippen LogP contribution in [0.15, 0.2) is 78.2 Å². The minimum atomic E-state index is 0.440. The van der Waals surface area contributed by atoms with Crippen molar-refractivity contribution in [1.29, 1.82) is 0 Å². The first kappa shape index (κ1) is 29.6. The lowest BCUT2D eigenvalue weighted by Gasteiger charge is -2.22. The average Bonchev–Trinajstić information content (AvgIpc) is 3.46. The van der Waals surface area contributed by atoms with Gasteiger partial charge in [-0.1, -0.05) is 48.5 Å². The molecule has 4 aromatic rings. The van der Waals surface area contributed by atoms with E-state index in [0.29, 0.717) is 52.7 Å². The molecule has 0 unspecified atom stereocenters. The van der Waals surface area contributed by atoms with E-state index in [0.717, 1.165) is 33.5 Å². The fourth-order valence-corrected chi connectivity index (χ4v) is 4.96. The number of thiazole rings is 1. The maximum absolute atomic E-state index is 5.83. The van der Waals surface area contributed by atoms with Gasteiger partial charge in [-0.15, -0.1) is 11.3 Å². The third kappa shape index (κ3) is 9.34. The summed E-state index contributed by atoms with van der Waals surface area (Å²) in [6, 6.07) is 24.5. The number of aromatic nitrogens is 1. The smallest absolute Gasteiger partial charge is 0.186 e. The number of benzene rings is 3. The van der Waals surface area contributed by atoms with Gasteiger partial charge in [0, 0.05) is 18.5 Å². The van der Waals surface area contributed by atoms with Crippen LogP contribution < -0.4 is 14.4 Å². The van der Waals surface area contributed by atoms with Crippen molar-refractivity contribution >= 4 is 16.5 Å². The van der Waals surface area contributed by atoms with Gasteiger partial charge in [0.2, 0.25) is 0 Å². The number of rotatable bonds is 17. The number of ether oxygens (including phenoxy) is 5. The first-order valence-electron chi connectivity index (χ1n) is 13.4. The van der Waals surface area contributed by atoms with Gasteiger partial charge in [0.1, 0.15) is 11.5 Å². The highest BCUT2D eigenvalue weighted by atomic mass is 32.1. The lowest BCUT2D eigenvalue weighted by Crippen LogP contribution is -2.22. The molecule has 0 aliphatic rings. The van der Waals surface area contributed by atoms with Gasteiger partial charge in [-0.25, -0.2) is 4.98 Å². The third-order valence-corrected chi connectivity index (χ3v) is 7.29. The normalized spacial score (nSPS) is 11.0. The molecule has 0 bridgehead atoms. The molecule has 0 spiro atoms. The molecule has 1 aromatic heterocycles. The Morgan fingerprint density at radius 1 is 0.700 bits per heavy atom. The summed E-state index contributed by atoms with van der Waals surface area (Å²) < 4.78 is 28.1. The first-order valence-corrected chi connectivity index (χ1v) is 14.3. The SMILES string of the molecule is COc1cccc(CN(Cc2cccc(OC)c2)c2nc(COCCOCCOCc3ccccc3C)cs2)c1. The van der Waals surface area contributed by atoms with Crippen molar-refractivity contribution in [3.63, 3.8) is 0 Å². The number of hydrogen-bond acceptors (Lipinski definition) is 8. The van der Waals surface area contributed by atoms with Crippen molar-refractivity contribution in [2.24, 2.45) is 0 Å². The number of anilines is 1. The molecule has 0 amide bonds. The first-order chi connectivity index (χ1) is 19.6. The molecule has 3 aromatic carbocycles. The zero-order valence-electron chi connectivity index (χ0n) is 23.5. The van der Waals surface area contributed by atoms with Crippen LogP contribution in [0.2, 0.25) is 0 Å². The van der Waals surface area contributed by atoms with Crippen LogP contribution in [-0.4, -0.2) is 45.6 Å². The molecule has 0 radical (unpaired) electrons. The summed E-state index contributed by atoms with van der Waals surface area (Å²) in [5.74, 6) is 1.68. The molecule has 40 heavy (non-hydrogen) atoms. The summed E-state index contributed by atoms with van der Waals surface area (Å²) in [5.41, 5.74) is 5.65. The Morgan fingerprint density at radius 3 is 1.93 bits per heavy atom. The second-order valence-corrected chi connectivity index (χ2v) is 10.2. The standard InChI is InChI=1S/C32H38N2O5S/c1-25-8-4-5-11-28(25)22-38-16-14-37-15-17-39-23-29-24-40-32(33-29)34(20-26-9-6-12-30(18-26)35-2)21-27-10-7-13-31(19-27)36-3/h4-13,18-19,24H,14-17,20-23H2,1-3H3. The van der Waals surface area contributed by atoms with Crippen LogP contribution in [0.1, 0.15) is 27.9 Å². The second-order valence-electron chi connectivity index (χ2n) is 9.32. The Hall–Kier alpha value is -3.43. The van der Waals surface area contributed by atoms with E-state index in [-0.39, 0.29) is 0 Å². The molecular formula is C32H38N2O5S. The molecule has 0 atom stereocenters. The fourth-order valence-electron chi connectivity index (χ4n) is 4.15. The van der Waals surface area contributed by atoms with Crippen LogP contribution in [0.3, 0.4) is 0 Å². The van der Waals surface area contributed by atoms with E-state index < -0.39 is 0 Å². The molecule has 4 rings (SSSR count). The van der Waals surface area contributed by atoms with Crippen molar-refractivity contribution in [2.45, 2.75) is 33.2 Å². The van der Waals surface area contributed by atoms with Crippen LogP contribution in [0, 0.1) is 6.92 Å². The van der Waals surface area contributed by atoms with E-state index >= 15 is 0 Å². The Kier molecular flexibility index (Phi) is 11.8. The van der Waals surface area contributed by atoms with E-state index in [1.54, 1.807) is 25.6 Å². The molecule has 7 nitrogen and oxygen atoms in total. The van der Waals surface area contributed by atoms with E-state index in [1.165, 1.54) is 11.1 Å². The molecule has 8 heteroatoms. The summed E-state index contributed by atoms with van der Waals surface area (Å²) in [7, 11) is 3.37. The molecule has 0 N–H and O–H groups in total. The van der Waals surface area contributed by atoms with Crippen LogP contribution >= 0.6 is 11.3 Å². The van der Waals surface area contributed by atoms with Gasteiger partial charge in [-0.05, 0) is 53.4 Å². The topological polar surface area (TPSA) is 62.3 Å². The van der Waals surface area contributed by atoms with Crippen LogP contribution in [0.5, 0.6) is 11.5 Å². The summed E-state index contributed by atoms with van der Waals surface area (Å²) in [6.07, 6.45) is 0. The molecule has 1 heterocycles. The number of aryl methyl sites for hydroxylation is 1. The van der Waals surface area contributed by atoms with Gasteiger partial charge in [0.15, 0.2) is 5.13 Å². The van der Waals surface area contributed by atoms with Gasteiger partial charge in [0.05, 0.1) is 59.6 Å². The largest absolute Gasteiger partial charge is 0.497 e. The zero-order valence-corrected chi connectivity index (χ0v) is 24.3. The van der Waals surface area contributed by atoms with Crippen LogP contribution in [0.4, 0.5) is 5.13 Å². The molecule has 212 valence electrons. The minimum Gasteiger partial charge on any atom is -0.497 e. The van der Waals surface area contributed by atoms with Gasteiger partial charge in [-0.3, -0.25) is 0 Å². The van der Waals surface area contributed by atoms with Gasteiger partial charge in [-0.2, -0.15) is 0 Å². The zero-order chi connectivity index (χ0) is 28.0. The van der Waals surface area contributed by atoms with E-state index in [9.17, 15) is 0 Å². The molecular weight excluding hydrogens is 524 g/mol. The highest BCUT2D eigenvalue weighted by molar-refractivity contribution is 7.13. The Balaban J connectivity index is 1.24. The third-order valence-electron chi connectivity index (χ3n) is 6.34. The van der Waals surface area contributed by atoms with E-state index in [1.807, 2.05) is 36.4 Å². The van der Waals surface area contributed by atoms with Crippen molar-refractivity contribution in [3.05, 3.63) is 106 Å². The summed E-state index contributed by atoms with van der Waals surface area (Å²) >= 11 is 1.62. The predicted octanol–water partition coefficient (Wildman–Crippen LogP) is 6.43.